The van der Waals surface area contributed by atoms with Crippen molar-refractivity contribution in [2.24, 2.45) is 5.73 Å². The van der Waals surface area contributed by atoms with Crippen LogP contribution in [0.25, 0.3) is 0 Å². The first-order valence-electron chi connectivity index (χ1n) is 6.07. The van der Waals surface area contributed by atoms with Crippen LogP contribution in [-0.2, 0) is 6.54 Å². The number of methoxy groups -OCH3 is 2. The highest BCUT2D eigenvalue weighted by Gasteiger charge is 2.22. The van der Waals surface area contributed by atoms with Gasteiger partial charge in [-0.05, 0) is 13.0 Å². The molecular weight excluding hydrogens is 244 g/mol. The SMILES string of the molecule is CCn1ncc(OC)c1C(N)c1cccnc1OC. The van der Waals surface area contributed by atoms with E-state index >= 15 is 0 Å². The molecule has 6 heteroatoms. The number of hydrogen-bond acceptors (Lipinski definition) is 5. The number of hydrogen-bond donors (Lipinski definition) is 1. The molecule has 2 N–H and O–H groups in total. The molecule has 19 heavy (non-hydrogen) atoms. The van der Waals surface area contributed by atoms with Crippen molar-refractivity contribution in [3.05, 3.63) is 35.8 Å². The number of nitrogens with two attached hydrogens (primary N) is 1. The van der Waals surface area contributed by atoms with Gasteiger partial charge < -0.3 is 15.2 Å². The van der Waals surface area contributed by atoms with Crippen LogP contribution in [0.4, 0.5) is 0 Å². The summed E-state index contributed by atoms with van der Waals surface area (Å²) < 4.78 is 12.4. The predicted molar refractivity (Wildman–Crippen MR) is 71.3 cm³/mol. The lowest BCUT2D eigenvalue weighted by Gasteiger charge is -2.17. The molecule has 0 fully saturated rings. The summed E-state index contributed by atoms with van der Waals surface area (Å²) in [6, 6.07) is 3.32. The maximum atomic E-state index is 6.33. The molecule has 2 rings (SSSR count). The van der Waals surface area contributed by atoms with Gasteiger partial charge in [0, 0.05) is 18.3 Å². The van der Waals surface area contributed by atoms with Crippen LogP contribution >= 0.6 is 0 Å². The summed E-state index contributed by atoms with van der Waals surface area (Å²) >= 11 is 0. The summed E-state index contributed by atoms with van der Waals surface area (Å²) in [5.74, 6) is 1.18. The van der Waals surface area contributed by atoms with Crippen LogP contribution < -0.4 is 15.2 Å². The first-order chi connectivity index (χ1) is 9.22. The monoisotopic (exact) mass is 262 g/mol. The second kappa shape index (κ2) is 5.71. The Bertz CT molecular complexity index is 532. The third kappa shape index (κ3) is 2.39. The van der Waals surface area contributed by atoms with Crippen molar-refractivity contribution in [1.82, 2.24) is 14.8 Å². The Morgan fingerprint density at radius 1 is 1.37 bits per heavy atom. The Balaban J connectivity index is 2.49. The Kier molecular flexibility index (Phi) is 4.01. The van der Waals surface area contributed by atoms with Gasteiger partial charge >= 0.3 is 0 Å². The fraction of sp³-hybridized carbons (Fsp3) is 0.385. The molecule has 0 bridgehead atoms. The van der Waals surface area contributed by atoms with E-state index in [9.17, 15) is 0 Å². The van der Waals surface area contributed by atoms with Gasteiger partial charge in [-0.1, -0.05) is 6.07 Å². The minimum Gasteiger partial charge on any atom is -0.493 e. The summed E-state index contributed by atoms with van der Waals surface area (Å²) in [6.45, 7) is 2.72. The lowest BCUT2D eigenvalue weighted by atomic mass is 10.1. The topological polar surface area (TPSA) is 75.2 Å². The number of ether oxygens (including phenoxy) is 2. The number of rotatable bonds is 5. The zero-order valence-corrected chi connectivity index (χ0v) is 11.3. The van der Waals surface area contributed by atoms with Crippen molar-refractivity contribution in [2.45, 2.75) is 19.5 Å². The smallest absolute Gasteiger partial charge is 0.218 e. The molecule has 0 spiro atoms. The summed E-state index contributed by atoms with van der Waals surface area (Å²) in [4.78, 5) is 4.17. The highest BCUT2D eigenvalue weighted by Crippen LogP contribution is 2.31. The van der Waals surface area contributed by atoms with Crippen molar-refractivity contribution >= 4 is 0 Å². The molecular formula is C13H18N4O2. The Labute approximate surface area is 112 Å². The van der Waals surface area contributed by atoms with Gasteiger partial charge in [-0.2, -0.15) is 5.10 Å². The number of aromatic nitrogens is 3. The van der Waals surface area contributed by atoms with Crippen LogP contribution in [0.1, 0.15) is 24.2 Å². The summed E-state index contributed by atoms with van der Waals surface area (Å²) in [5.41, 5.74) is 7.95. The molecule has 2 aromatic rings. The minimum absolute atomic E-state index is 0.402. The second-order valence-electron chi connectivity index (χ2n) is 3.99. The van der Waals surface area contributed by atoms with E-state index in [1.54, 1.807) is 26.6 Å². The first kappa shape index (κ1) is 13.4. The van der Waals surface area contributed by atoms with Gasteiger partial charge in [0.25, 0.3) is 0 Å². The molecule has 0 aliphatic carbocycles. The largest absolute Gasteiger partial charge is 0.493 e. The molecule has 6 nitrogen and oxygen atoms in total. The van der Waals surface area contributed by atoms with Crippen molar-refractivity contribution in [3.8, 4) is 11.6 Å². The highest BCUT2D eigenvalue weighted by atomic mass is 16.5. The van der Waals surface area contributed by atoms with E-state index in [0.29, 0.717) is 11.6 Å². The molecule has 0 aromatic carbocycles. The van der Waals surface area contributed by atoms with Gasteiger partial charge in [0.2, 0.25) is 5.88 Å². The zero-order chi connectivity index (χ0) is 13.8. The van der Waals surface area contributed by atoms with Crippen LogP contribution in [0.2, 0.25) is 0 Å². The summed E-state index contributed by atoms with van der Waals surface area (Å²) in [5, 5.41) is 4.26. The maximum absolute atomic E-state index is 6.33. The fourth-order valence-corrected chi connectivity index (χ4v) is 2.06. The van der Waals surface area contributed by atoms with Gasteiger partial charge in [0.1, 0.15) is 5.69 Å². The molecule has 0 aliphatic rings. The zero-order valence-electron chi connectivity index (χ0n) is 11.3. The normalized spacial score (nSPS) is 12.2. The van der Waals surface area contributed by atoms with Gasteiger partial charge in [-0.3, -0.25) is 4.68 Å². The van der Waals surface area contributed by atoms with E-state index in [-0.39, 0.29) is 0 Å². The molecule has 0 saturated heterocycles. The van der Waals surface area contributed by atoms with Crippen LogP contribution in [0, 0.1) is 0 Å². The third-order valence-corrected chi connectivity index (χ3v) is 2.99. The van der Waals surface area contributed by atoms with E-state index in [4.69, 9.17) is 15.2 Å². The number of nitrogens with zero attached hydrogens (tertiary/aromatic N) is 3. The highest BCUT2D eigenvalue weighted by molar-refractivity contribution is 5.40. The molecule has 102 valence electrons. The van der Waals surface area contributed by atoms with E-state index < -0.39 is 6.04 Å². The quantitative estimate of drug-likeness (QED) is 0.880. The summed E-state index contributed by atoms with van der Waals surface area (Å²) in [7, 11) is 3.18. The lowest BCUT2D eigenvalue weighted by molar-refractivity contribution is 0.385. The van der Waals surface area contributed by atoms with E-state index in [0.717, 1.165) is 17.8 Å². The Morgan fingerprint density at radius 3 is 2.79 bits per heavy atom. The predicted octanol–water partition coefficient (Wildman–Crippen LogP) is 1.36. The van der Waals surface area contributed by atoms with Crippen LogP contribution in [0.15, 0.2) is 24.5 Å². The standard InChI is InChI=1S/C13H18N4O2/c1-4-17-12(10(18-2)8-16-17)11(14)9-6-5-7-15-13(9)19-3/h5-8,11H,4,14H2,1-3H3. The summed E-state index contributed by atoms with van der Waals surface area (Å²) in [6.07, 6.45) is 3.34. The molecule has 0 saturated carbocycles. The molecule has 2 aromatic heterocycles. The van der Waals surface area contributed by atoms with E-state index in [2.05, 4.69) is 10.1 Å². The van der Waals surface area contributed by atoms with E-state index in [1.807, 2.05) is 23.7 Å². The fourth-order valence-electron chi connectivity index (χ4n) is 2.06. The van der Waals surface area contributed by atoms with Crippen molar-refractivity contribution in [3.63, 3.8) is 0 Å². The average molecular weight is 262 g/mol. The van der Waals surface area contributed by atoms with Crippen molar-refractivity contribution in [2.75, 3.05) is 14.2 Å². The van der Waals surface area contributed by atoms with Gasteiger partial charge in [0.15, 0.2) is 5.75 Å². The molecule has 0 amide bonds. The van der Waals surface area contributed by atoms with Crippen molar-refractivity contribution < 1.29 is 9.47 Å². The van der Waals surface area contributed by atoms with Gasteiger partial charge in [-0.25, -0.2) is 4.98 Å². The van der Waals surface area contributed by atoms with Crippen molar-refractivity contribution in [1.29, 1.82) is 0 Å². The molecule has 1 atom stereocenters. The Morgan fingerprint density at radius 2 is 2.16 bits per heavy atom. The molecule has 0 aliphatic heterocycles. The average Bonchev–Trinajstić information content (AvgIpc) is 2.89. The Hall–Kier alpha value is -2.08. The number of pyridine rings is 1. The first-order valence-corrected chi connectivity index (χ1v) is 6.07. The van der Waals surface area contributed by atoms with Crippen LogP contribution in [0.5, 0.6) is 11.6 Å². The van der Waals surface area contributed by atoms with Crippen LogP contribution in [-0.4, -0.2) is 29.0 Å². The second-order valence-corrected chi connectivity index (χ2v) is 3.99. The van der Waals surface area contributed by atoms with Gasteiger partial charge in [-0.15, -0.1) is 0 Å². The third-order valence-electron chi connectivity index (χ3n) is 2.99. The number of aryl methyl sites for hydroxylation is 1. The molecule has 2 heterocycles. The minimum atomic E-state index is -0.402. The molecule has 0 radical (unpaired) electrons. The van der Waals surface area contributed by atoms with E-state index in [1.165, 1.54) is 0 Å². The lowest BCUT2D eigenvalue weighted by Crippen LogP contribution is -2.19. The maximum Gasteiger partial charge on any atom is 0.218 e. The molecule has 1 unspecified atom stereocenters. The van der Waals surface area contributed by atoms with Crippen LogP contribution in [0.3, 0.4) is 0 Å². The van der Waals surface area contributed by atoms with Gasteiger partial charge in [0.05, 0.1) is 26.5 Å².